The summed E-state index contributed by atoms with van der Waals surface area (Å²) >= 11 is 0. The average Bonchev–Trinajstić information content (AvgIpc) is 2.46. The summed E-state index contributed by atoms with van der Waals surface area (Å²) in [6.45, 7) is 0. The molecule has 5 heteroatoms. The van der Waals surface area contributed by atoms with Gasteiger partial charge in [-0.05, 0) is 35.9 Å². The Bertz CT molecular complexity index is 713. The number of nitriles is 1. The second kappa shape index (κ2) is 5.67. The molecule has 1 aromatic carbocycles. The lowest BCUT2D eigenvalue weighted by Crippen LogP contribution is -1.96. The van der Waals surface area contributed by atoms with Crippen molar-refractivity contribution in [2.75, 3.05) is 0 Å². The fourth-order valence-electron chi connectivity index (χ4n) is 1.58. The highest BCUT2D eigenvalue weighted by molar-refractivity contribution is 5.91. The van der Waals surface area contributed by atoms with E-state index in [4.69, 9.17) is 10.4 Å². The van der Waals surface area contributed by atoms with Gasteiger partial charge in [0.25, 0.3) is 0 Å². The Balaban J connectivity index is 2.25. The molecule has 20 heavy (non-hydrogen) atoms. The molecule has 5 nitrogen and oxygen atoms in total. The number of carboxylic acids is 1. The Morgan fingerprint density at radius 1 is 1.25 bits per heavy atom. The van der Waals surface area contributed by atoms with Gasteiger partial charge in [0.05, 0.1) is 11.3 Å². The summed E-state index contributed by atoms with van der Waals surface area (Å²) < 4.78 is 0. The van der Waals surface area contributed by atoms with Gasteiger partial charge in [0.1, 0.15) is 17.4 Å². The largest absolute Gasteiger partial charge is 0.507 e. The molecule has 0 aliphatic rings. The van der Waals surface area contributed by atoms with Gasteiger partial charge >= 0.3 is 5.97 Å². The van der Waals surface area contributed by atoms with E-state index < -0.39 is 5.97 Å². The number of hydrogen-bond acceptors (Lipinski definition) is 4. The summed E-state index contributed by atoms with van der Waals surface area (Å²) in [5, 5.41) is 27.0. The highest BCUT2D eigenvalue weighted by Crippen LogP contribution is 2.19. The first-order valence-electron chi connectivity index (χ1n) is 5.70. The third-order valence-electron chi connectivity index (χ3n) is 2.61. The molecule has 0 unspecified atom stereocenters. The maximum atomic E-state index is 10.9. The third-order valence-corrected chi connectivity index (χ3v) is 2.61. The van der Waals surface area contributed by atoms with Crippen molar-refractivity contribution >= 4 is 18.1 Å². The minimum absolute atomic E-state index is 0.153. The number of nitrogens with zero attached hydrogens (tertiary/aromatic N) is 2. The topological polar surface area (TPSA) is 94.2 Å². The highest BCUT2D eigenvalue weighted by Gasteiger charge is 2.08. The number of hydrogen-bond donors (Lipinski definition) is 2. The molecule has 2 rings (SSSR count). The molecule has 2 aromatic rings. The molecule has 0 aliphatic carbocycles. The summed E-state index contributed by atoms with van der Waals surface area (Å²) in [6.07, 6.45) is 4.83. The SMILES string of the molecule is N#Cc1ccc(/C=C/c2ccc(O)c(C(=O)O)c2)nc1. The van der Waals surface area contributed by atoms with Crippen molar-refractivity contribution in [1.82, 2.24) is 4.98 Å². The molecule has 0 aliphatic heterocycles. The summed E-state index contributed by atoms with van der Waals surface area (Å²) in [5.74, 6) is -1.46. The first-order chi connectivity index (χ1) is 9.60. The lowest BCUT2D eigenvalue weighted by Gasteiger charge is -2.00. The Morgan fingerprint density at radius 3 is 2.65 bits per heavy atom. The van der Waals surface area contributed by atoms with Crippen LogP contribution in [0, 0.1) is 11.3 Å². The summed E-state index contributed by atoms with van der Waals surface area (Å²) in [7, 11) is 0. The van der Waals surface area contributed by atoms with Crippen molar-refractivity contribution in [2.45, 2.75) is 0 Å². The van der Waals surface area contributed by atoms with Gasteiger partial charge in [-0.3, -0.25) is 4.98 Å². The summed E-state index contributed by atoms with van der Waals surface area (Å²) in [6, 6.07) is 9.61. The van der Waals surface area contributed by atoms with Crippen LogP contribution in [0.25, 0.3) is 12.2 Å². The van der Waals surface area contributed by atoms with E-state index in [2.05, 4.69) is 4.98 Å². The smallest absolute Gasteiger partial charge is 0.339 e. The fourth-order valence-corrected chi connectivity index (χ4v) is 1.58. The molecule has 0 spiro atoms. The molecule has 0 bridgehead atoms. The number of carboxylic acid groups (broad SMARTS) is 1. The van der Waals surface area contributed by atoms with Crippen LogP contribution in [-0.2, 0) is 0 Å². The standard InChI is InChI=1S/C15H10N2O3/c16-8-11-2-5-12(17-9-11)4-1-10-3-6-14(18)13(7-10)15(19)20/h1-7,9,18H,(H,19,20)/b4-1+. The number of carbonyl (C=O) groups is 1. The first-order valence-corrected chi connectivity index (χ1v) is 5.70. The van der Waals surface area contributed by atoms with E-state index in [-0.39, 0.29) is 11.3 Å². The zero-order chi connectivity index (χ0) is 14.5. The second-order valence-corrected chi connectivity index (χ2v) is 4.00. The molecule has 0 saturated carbocycles. The van der Waals surface area contributed by atoms with Gasteiger partial charge in [0.2, 0.25) is 0 Å². The van der Waals surface area contributed by atoms with Gasteiger partial charge in [-0.15, -0.1) is 0 Å². The van der Waals surface area contributed by atoms with E-state index in [1.807, 2.05) is 6.07 Å². The van der Waals surface area contributed by atoms with Gasteiger partial charge in [-0.2, -0.15) is 5.26 Å². The monoisotopic (exact) mass is 266 g/mol. The van der Waals surface area contributed by atoms with Crippen LogP contribution in [0.5, 0.6) is 5.75 Å². The predicted octanol–water partition coefficient (Wildman–Crippen LogP) is 2.53. The molecule has 0 atom stereocenters. The number of aromatic nitrogens is 1. The van der Waals surface area contributed by atoms with Crippen molar-refractivity contribution in [1.29, 1.82) is 5.26 Å². The van der Waals surface area contributed by atoms with Crippen LogP contribution in [0.4, 0.5) is 0 Å². The van der Waals surface area contributed by atoms with Crippen molar-refractivity contribution < 1.29 is 15.0 Å². The maximum absolute atomic E-state index is 10.9. The van der Waals surface area contributed by atoms with Crippen LogP contribution in [0.2, 0.25) is 0 Å². The number of benzene rings is 1. The van der Waals surface area contributed by atoms with Crippen LogP contribution in [-0.4, -0.2) is 21.2 Å². The zero-order valence-electron chi connectivity index (χ0n) is 10.3. The number of phenols is 1. The Labute approximate surface area is 115 Å². The summed E-state index contributed by atoms with van der Waals surface area (Å²) in [5.41, 5.74) is 1.60. The Hall–Kier alpha value is -3.13. The zero-order valence-corrected chi connectivity index (χ0v) is 10.3. The van der Waals surface area contributed by atoms with Crippen LogP contribution in [0.1, 0.15) is 27.2 Å². The van der Waals surface area contributed by atoms with E-state index in [0.717, 1.165) is 0 Å². The van der Waals surface area contributed by atoms with E-state index >= 15 is 0 Å². The quantitative estimate of drug-likeness (QED) is 0.890. The molecule has 0 saturated heterocycles. The minimum atomic E-state index is -1.19. The highest BCUT2D eigenvalue weighted by atomic mass is 16.4. The molecule has 2 N–H and O–H groups in total. The van der Waals surface area contributed by atoms with Gasteiger partial charge in [0, 0.05) is 6.20 Å². The van der Waals surface area contributed by atoms with Gasteiger partial charge < -0.3 is 10.2 Å². The lowest BCUT2D eigenvalue weighted by atomic mass is 10.1. The van der Waals surface area contributed by atoms with Gasteiger partial charge in [-0.25, -0.2) is 4.79 Å². The normalized spacial score (nSPS) is 10.3. The fraction of sp³-hybridized carbons (Fsp3) is 0. The molecule has 0 fully saturated rings. The number of pyridine rings is 1. The molecule has 0 amide bonds. The number of rotatable bonds is 3. The van der Waals surface area contributed by atoms with E-state index in [0.29, 0.717) is 16.8 Å². The lowest BCUT2D eigenvalue weighted by molar-refractivity contribution is 0.0693. The third kappa shape index (κ3) is 3.00. The van der Waals surface area contributed by atoms with Crippen molar-refractivity contribution in [3.63, 3.8) is 0 Å². The molecular weight excluding hydrogens is 256 g/mol. The van der Waals surface area contributed by atoms with Crippen molar-refractivity contribution in [2.24, 2.45) is 0 Å². The molecule has 0 radical (unpaired) electrons. The molecule has 1 aromatic heterocycles. The van der Waals surface area contributed by atoms with Crippen molar-refractivity contribution in [3.05, 3.63) is 58.9 Å². The van der Waals surface area contributed by atoms with E-state index in [9.17, 15) is 9.90 Å². The average molecular weight is 266 g/mol. The molecule has 1 heterocycles. The predicted molar refractivity (Wildman–Crippen MR) is 72.9 cm³/mol. The number of aromatic hydroxyl groups is 1. The Kier molecular flexibility index (Phi) is 3.77. The van der Waals surface area contributed by atoms with Gasteiger partial charge in [-0.1, -0.05) is 12.1 Å². The second-order valence-electron chi connectivity index (χ2n) is 4.00. The van der Waals surface area contributed by atoms with Gasteiger partial charge in [0.15, 0.2) is 0 Å². The van der Waals surface area contributed by atoms with Crippen LogP contribution in [0.15, 0.2) is 36.5 Å². The first kappa shape index (κ1) is 13.3. The van der Waals surface area contributed by atoms with E-state index in [1.54, 1.807) is 30.4 Å². The van der Waals surface area contributed by atoms with E-state index in [1.165, 1.54) is 18.3 Å². The number of aromatic carboxylic acids is 1. The van der Waals surface area contributed by atoms with Crippen LogP contribution < -0.4 is 0 Å². The van der Waals surface area contributed by atoms with Crippen LogP contribution >= 0.6 is 0 Å². The van der Waals surface area contributed by atoms with Crippen LogP contribution in [0.3, 0.4) is 0 Å². The minimum Gasteiger partial charge on any atom is -0.507 e. The maximum Gasteiger partial charge on any atom is 0.339 e. The summed E-state index contributed by atoms with van der Waals surface area (Å²) in [4.78, 5) is 15.0. The Morgan fingerprint density at radius 2 is 2.05 bits per heavy atom. The van der Waals surface area contributed by atoms with Crippen molar-refractivity contribution in [3.8, 4) is 11.8 Å². The molecule has 98 valence electrons. The molecular formula is C15H10N2O3.